The van der Waals surface area contributed by atoms with Crippen molar-refractivity contribution in [1.29, 1.82) is 0 Å². The average Bonchev–Trinajstić information content (AvgIpc) is 2.99. The van der Waals surface area contributed by atoms with Crippen molar-refractivity contribution < 1.29 is 17.6 Å². The Balaban J connectivity index is 0.00000162. The van der Waals surface area contributed by atoms with Crippen LogP contribution in [0.1, 0.15) is 36.4 Å². The summed E-state index contributed by atoms with van der Waals surface area (Å²) in [4.78, 5) is 0. The third kappa shape index (κ3) is 3.59. The molecule has 6 heteroatoms. The van der Waals surface area contributed by atoms with Gasteiger partial charge in [-0.05, 0) is 24.5 Å². The molecule has 0 unspecified atom stereocenters. The predicted molar refractivity (Wildman–Crippen MR) is 62.9 cm³/mol. The fraction of sp³-hybridized carbons (Fsp3) is 0.500. The molecule has 1 nitrogen and oxygen atoms in total. The molecular weight excluding hydrogens is 270 g/mol. The van der Waals surface area contributed by atoms with Gasteiger partial charge in [-0.2, -0.15) is 13.2 Å². The van der Waals surface area contributed by atoms with Gasteiger partial charge in [-0.15, -0.1) is 12.4 Å². The fourth-order valence-corrected chi connectivity index (χ4v) is 1.84. The van der Waals surface area contributed by atoms with E-state index in [1.165, 1.54) is 0 Å². The lowest BCUT2D eigenvalue weighted by Crippen LogP contribution is -2.14. The highest BCUT2D eigenvalue weighted by atomic mass is 35.5. The Morgan fingerprint density at radius 1 is 1.28 bits per heavy atom. The van der Waals surface area contributed by atoms with Gasteiger partial charge in [-0.3, -0.25) is 0 Å². The molecule has 1 saturated carbocycles. The monoisotopic (exact) mass is 283 g/mol. The van der Waals surface area contributed by atoms with Gasteiger partial charge in [0, 0.05) is 11.6 Å². The van der Waals surface area contributed by atoms with Gasteiger partial charge in [-0.1, -0.05) is 18.9 Å². The van der Waals surface area contributed by atoms with Crippen LogP contribution in [-0.2, 0) is 6.18 Å². The van der Waals surface area contributed by atoms with E-state index in [4.69, 9.17) is 5.73 Å². The molecule has 0 aromatic heterocycles. The summed E-state index contributed by atoms with van der Waals surface area (Å²) in [6, 6.07) is 2.03. The van der Waals surface area contributed by atoms with Crippen LogP contribution < -0.4 is 5.73 Å². The van der Waals surface area contributed by atoms with Crippen LogP contribution in [0.4, 0.5) is 17.6 Å². The molecule has 0 aliphatic heterocycles. The summed E-state index contributed by atoms with van der Waals surface area (Å²) in [5.41, 5.74) is 4.97. The highest BCUT2D eigenvalue weighted by Crippen LogP contribution is 2.38. The van der Waals surface area contributed by atoms with Crippen LogP contribution in [0.2, 0.25) is 0 Å². The SMILES string of the molecule is Cl.N[C@@H](CC1CC1)c1ccc(C(F)(F)F)cc1F. The van der Waals surface area contributed by atoms with Gasteiger partial charge in [-0.25, -0.2) is 4.39 Å². The summed E-state index contributed by atoms with van der Waals surface area (Å²) in [6.45, 7) is 0. The topological polar surface area (TPSA) is 26.0 Å². The van der Waals surface area contributed by atoms with Gasteiger partial charge in [0.15, 0.2) is 0 Å². The number of benzene rings is 1. The quantitative estimate of drug-likeness (QED) is 0.832. The maximum absolute atomic E-state index is 13.5. The molecule has 0 spiro atoms. The number of halogens is 5. The minimum atomic E-state index is -4.51. The summed E-state index contributed by atoms with van der Waals surface area (Å²) in [6.07, 6.45) is -1.71. The molecule has 0 amide bonds. The van der Waals surface area contributed by atoms with Crippen LogP contribution in [-0.4, -0.2) is 0 Å². The first kappa shape index (κ1) is 15.2. The van der Waals surface area contributed by atoms with Gasteiger partial charge in [0.05, 0.1) is 5.56 Å². The van der Waals surface area contributed by atoms with Gasteiger partial charge in [0.2, 0.25) is 0 Å². The van der Waals surface area contributed by atoms with E-state index in [1.54, 1.807) is 0 Å². The molecule has 0 radical (unpaired) electrons. The van der Waals surface area contributed by atoms with Gasteiger partial charge in [0.25, 0.3) is 0 Å². The lowest BCUT2D eigenvalue weighted by molar-refractivity contribution is -0.137. The van der Waals surface area contributed by atoms with E-state index in [0.29, 0.717) is 18.4 Å². The van der Waals surface area contributed by atoms with Crippen LogP contribution >= 0.6 is 12.4 Å². The van der Waals surface area contributed by atoms with E-state index in [9.17, 15) is 17.6 Å². The molecule has 1 aliphatic carbocycles. The largest absolute Gasteiger partial charge is 0.416 e. The van der Waals surface area contributed by atoms with Crippen molar-refractivity contribution in [2.24, 2.45) is 11.7 Å². The second kappa shape index (κ2) is 5.45. The summed E-state index contributed by atoms with van der Waals surface area (Å²) >= 11 is 0. The zero-order chi connectivity index (χ0) is 12.6. The van der Waals surface area contributed by atoms with Gasteiger partial charge in [0.1, 0.15) is 5.82 Å². The van der Waals surface area contributed by atoms with Crippen LogP contribution in [0.3, 0.4) is 0 Å². The standard InChI is InChI=1S/C12H13F4N.ClH/c13-10-6-8(12(14,15)16)3-4-9(10)11(17)5-7-1-2-7;/h3-4,6-7,11H,1-2,5,17H2;1H/t11-;/m0./s1. The zero-order valence-corrected chi connectivity index (χ0v) is 10.3. The molecular formula is C12H14ClF4N. The van der Waals surface area contributed by atoms with Crippen LogP contribution in [0, 0.1) is 11.7 Å². The Morgan fingerprint density at radius 3 is 2.33 bits per heavy atom. The van der Waals surface area contributed by atoms with Crippen LogP contribution in [0.25, 0.3) is 0 Å². The number of hydrogen-bond donors (Lipinski definition) is 1. The van der Waals surface area contributed by atoms with E-state index in [0.717, 1.165) is 25.0 Å². The normalized spacial score (nSPS) is 17.2. The zero-order valence-electron chi connectivity index (χ0n) is 9.51. The molecule has 0 bridgehead atoms. The van der Waals surface area contributed by atoms with Crippen LogP contribution in [0.5, 0.6) is 0 Å². The van der Waals surface area contributed by atoms with Crippen molar-refractivity contribution in [3.8, 4) is 0 Å². The number of nitrogens with two attached hydrogens (primary N) is 1. The molecule has 1 aromatic carbocycles. The fourth-order valence-electron chi connectivity index (χ4n) is 1.84. The van der Waals surface area contributed by atoms with E-state index >= 15 is 0 Å². The van der Waals surface area contributed by atoms with Crippen LogP contribution in [0.15, 0.2) is 18.2 Å². The lowest BCUT2D eigenvalue weighted by atomic mass is 10.00. The molecule has 102 valence electrons. The first-order chi connectivity index (χ1) is 7.88. The molecule has 0 saturated heterocycles. The Bertz CT molecular complexity index is 415. The molecule has 18 heavy (non-hydrogen) atoms. The van der Waals surface area contributed by atoms with E-state index in [2.05, 4.69) is 0 Å². The number of hydrogen-bond acceptors (Lipinski definition) is 1. The molecule has 1 aromatic rings. The van der Waals surface area contributed by atoms with Crippen molar-refractivity contribution in [2.75, 3.05) is 0 Å². The Kier molecular flexibility index (Phi) is 4.61. The predicted octanol–water partition coefficient (Wildman–Crippen LogP) is 4.07. The van der Waals surface area contributed by atoms with Gasteiger partial charge >= 0.3 is 6.18 Å². The summed E-state index contributed by atoms with van der Waals surface area (Å²) in [5, 5.41) is 0. The van der Waals surface area contributed by atoms with Gasteiger partial charge < -0.3 is 5.73 Å². The third-order valence-electron chi connectivity index (χ3n) is 3.01. The Labute approximate surface area is 109 Å². The molecule has 2 N–H and O–H groups in total. The second-order valence-corrected chi connectivity index (χ2v) is 4.52. The molecule has 0 heterocycles. The van der Waals surface area contributed by atoms with E-state index in [-0.39, 0.29) is 18.0 Å². The highest BCUT2D eigenvalue weighted by molar-refractivity contribution is 5.85. The number of alkyl halides is 3. The summed E-state index contributed by atoms with van der Waals surface area (Å²) in [5.74, 6) is -0.361. The first-order valence-corrected chi connectivity index (χ1v) is 5.50. The van der Waals surface area contributed by atoms with Crippen molar-refractivity contribution in [1.82, 2.24) is 0 Å². The minimum Gasteiger partial charge on any atom is -0.324 e. The summed E-state index contributed by atoms with van der Waals surface area (Å²) < 4.78 is 50.5. The molecule has 1 atom stereocenters. The maximum Gasteiger partial charge on any atom is 0.416 e. The van der Waals surface area contributed by atoms with Crippen molar-refractivity contribution in [3.05, 3.63) is 35.1 Å². The Morgan fingerprint density at radius 2 is 1.89 bits per heavy atom. The van der Waals surface area contributed by atoms with E-state index < -0.39 is 23.6 Å². The van der Waals surface area contributed by atoms with E-state index in [1.807, 2.05) is 0 Å². The molecule has 1 fully saturated rings. The lowest BCUT2D eigenvalue weighted by Gasteiger charge is -2.14. The second-order valence-electron chi connectivity index (χ2n) is 4.52. The molecule has 2 rings (SSSR count). The maximum atomic E-state index is 13.5. The Hall–Kier alpha value is -0.810. The first-order valence-electron chi connectivity index (χ1n) is 5.50. The van der Waals surface area contributed by atoms with Crippen molar-refractivity contribution in [3.63, 3.8) is 0 Å². The van der Waals surface area contributed by atoms with Crippen molar-refractivity contribution in [2.45, 2.75) is 31.5 Å². The molecule has 1 aliphatic rings. The third-order valence-corrected chi connectivity index (χ3v) is 3.01. The highest BCUT2D eigenvalue weighted by Gasteiger charge is 2.32. The average molecular weight is 284 g/mol. The summed E-state index contributed by atoms with van der Waals surface area (Å²) in [7, 11) is 0. The smallest absolute Gasteiger partial charge is 0.324 e. The number of rotatable bonds is 3. The minimum absolute atomic E-state index is 0. The van der Waals surface area contributed by atoms with Crippen molar-refractivity contribution >= 4 is 12.4 Å².